The van der Waals surface area contributed by atoms with Crippen LogP contribution in [0.25, 0.3) is 0 Å². The molecule has 1 rings (SSSR count). The third-order valence-corrected chi connectivity index (χ3v) is 3.22. The topological polar surface area (TPSA) is 72.8 Å². The summed E-state index contributed by atoms with van der Waals surface area (Å²) in [6.07, 6.45) is 0.478. The molecule has 0 aliphatic carbocycles. The second kappa shape index (κ2) is 7.13. The highest BCUT2D eigenvalue weighted by atomic mass is 79.9. The van der Waals surface area contributed by atoms with Crippen LogP contribution < -0.4 is 9.47 Å². The Bertz CT molecular complexity index is 484. The molecule has 0 aromatic heterocycles. The average molecular weight is 331 g/mol. The van der Waals surface area contributed by atoms with E-state index in [0.717, 1.165) is 0 Å². The van der Waals surface area contributed by atoms with Crippen molar-refractivity contribution in [3.63, 3.8) is 0 Å². The molecule has 0 saturated heterocycles. The third-order valence-electron chi connectivity index (χ3n) is 2.57. The second-order valence-corrected chi connectivity index (χ2v) is 4.71. The predicted octanol–water partition coefficient (Wildman–Crippen LogP) is 2.90. The third kappa shape index (κ3) is 4.24. The first-order valence-electron chi connectivity index (χ1n) is 5.66. The van der Waals surface area contributed by atoms with E-state index in [1.165, 1.54) is 14.2 Å². The molecule has 0 aliphatic heterocycles. The SMILES string of the molecule is COc1cc(Br)c(C(=O)CCCC(=O)O)cc1OC. The van der Waals surface area contributed by atoms with E-state index in [-0.39, 0.29) is 18.6 Å². The molecule has 0 saturated carbocycles. The molecule has 6 heteroatoms. The van der Waals surface area contributed by atoms with Gasteiger partial charge in [0.2, 0.25) is 0 Å². The lowest BCUT2D eigenvalue weighted by molar-refractivity contribution is -0.137. The number of ketones is 1. The standard InChI is InChI=1S/C13H15BrO5/c1-18-11-6-8(9(14)7-12(11)19-2)10(15)4-3-5-13(16)17/h6-7H,3-5H2,1-2H3,(H,16,17). The Hall–Kier alpha value is -1.56. The lowest BCUT2D eigenvalue weighted by Gasteiger charge is -2.11. The Morgan fingerprint density at radius 1 is 1.16 bits per heavy atom. The van der Waals surface area contributed by atoms with Crippen molar-refractivity contribution in [3.05, 3.63) is 22.2 Å². The van der Waals surface area contributed by atoms with Crippen LogP contribution in [0.1, 0.15) is 29.6 Å². The second-order valence-electron chi connectivity index (χ2n) is 3.86. The summed E-state index contributed by atoms with van der Waals surface area (Å²) < 4.78 is 10.9. The van der Waals surface area contributed by atoms with Crippen molar-refractivity contribution < 1.29 is 24.2 Å². The number of hydrogen-bond donors (Lipinski definition) is 1. The number of rotatable bonds is 7. The zero-order valence-corrected chi connectivity index (χ0v) is 12.3. The molecule has 5 nitrogen and oxygen atoms in total. The van der Waals surface area contributed by atoms with Crippen molar-refractivity contribution in [2.45, 2.75) is 19.3 Å². The lowest BCUT2D eigenvalue weighted by Crippen LogP contribution is -2.04. The van der Waals surface area contributed by atoms with Gasteiger partial charge in [-0.05, 0) is 34.5 Å². The van der Waals surface area contributed by atoms with Crippen molar-refractivity contribution in [2.24, 2.45) is 0 Å². The average Bonchev–Trinajstić information content (AvgIpc) is 2.37. The largest absolute Gasteiger partial charge is 0.493 e. The fourth-order valence-electron chi connectivity index (χ4n) is 1.60. The summed E-state index contributed by atoms with van der Waals surface area (Å²) in [7, 11) is 3.00. The number of hydrogen-bond acceptors (Lipinski definition) is 4. The minimum absolute atomic E-state index is 0.0172. The maximum atomic E-state index is 12.0. The van der Waals surface area contributed by atoms with Crippen molar-refractivity contribution >= 4 is 27.7 Å². The molecule has 0 aliphatic rings. The van der Waals surface area contributed by atoms with Gasteiger partial charge in [-0.1, -0.05) is 0 Å². The van der Waals surface area contributed by atoms with Crippen LogP contribution in [0.3, 0.4) is 0 Å². The van der Waals surface area contributed by atoms with Gasteiger partial charge in [-0.15, -0.1) is 0 Å². The van der Waals surface area contributed by atoms with Gasteiger partial charge in [0, 0.05) is 22.9 Å². The van der Waals surface area contributed by atoms with E-state index in [1.54, 1.807) is 12.1 Å². The summed E-state index contributed by atoms with van der Waals surface area (Å²) in [5, 5.41) is 8.54. The van der Waals surface area contributed by atoms with Crippen LogP contribution in [-0.4, -0.2) is 31.1 Å². The molecular formula is C13H15BrO5. The fraction of sp³-hybridized carbons (Fsp3) is 0.385. The first-order chi connectivity index (χ1) is 8.99. The zero-order valence-electron chi connectivity index (χ0n) is 10.7. The number of halogens is 1. The number of carboxylic acid groups (broad SMARTS) is 1. The number of carbonyl (C=O) groups is 2. The summed E-state index contributed by atoms with van der Waals surface area (Å²) in [6, 6.07) is 3.25. The fourth-order valence-corrected chi connectivity index (χ4v) is 2.15. The molecule has 1 aromatic carbocycles. The van der Waals surface area contributed by atoms with Crippen molar-refractivity contribution in [2.75, 3.05) is 14.2 Å². The smallest absolute Gasteiger partial charge is 0.303 e. The van der Waals surface area contributed by atoms with Gasteiger partial charge in [-0.3, -0.25) is 9.59 Å². The molecule has 0 unspecified atom stereocenters. The predicted molar refractivity (Wildman–Crippen MR) is 73.1 cm³/mol. The van der Waals surface area contributed by atoms with Crippen LogP contribution in [0.4, 0.5) is 0 Å². The number of aliphatic carboxylic acids is 1. The molecule has 0 spiro atoms. The molecule has 1 aromatic rings. The van der Waals surface area contributed by atoms with E-state index in [1.807, 2.05) is 0 Å². The molecular weight excluding hydrogens is 316 g/mol. The first-order valence-corrected chi connectivity index (χ1v) is 6.45. The Labute approximate surface area is 119 Å². The highest BCUT2D eigenvalue weighted by Gasteiger charge is 2.15. The van der Waals surface area contributed by atoms with Gasteiger partial charge in [0.1, 0.15) is 0 Å². The number of ether oxygens (including phenoxy) is 2. The molecule has 0 radical (unpaired) electrons. The van der Waals surface area contributed by atoms with Crippen LogP contribution in [-0.2, 0) is 4.79 Å². The van der Waals surface area contributed by atoms with Gasteiger partial charge in [0.05, 0.1) is 14.2 Å². The Morgan fingerprint density at radius 2 is 1.74 bits per heavy atom. The van der Waals surface area contributed by atoms with Gasteiger partial charge in [0.15, 0.2) is 17.3 Å². The first kappa shape index (κ1) is 15.5. The summed E-state index contributed by atoms with van der Waals surface area (Å²) >= 11 is 3.30. The van der Waals surface area contributed by atoms with Crippen LogP contribution in [0.15, 0.2) is 16.6 Å². The minimum Gasteiger partial charge on any atom is -0.493 e. The molecule has 0 bridgehead atoms. The zero-order chi connectivity index (χ0) is 14.4. The highest BCUT2D eigenvalue weighted by molar-refractivity contribution is 9.10. The van der Waals surface area contributed by atoms with Gasteiger partial charge in [0.25, 0.3) is 0 Å². The molecule has 0 fully saturated rings. The Morgan fingerprint density at radius 3 is 2.26 bits per heavy atom. The number of benzene rings is 1. The maximum absolute atomic E-state index is 12.0. The van der Waals surface area contributed by atoms with E-state index in [4.69, 9.17) is 14.6 Å². The number of Topliss-reactive ketones (excluding diaryl/α,β-unsaturated/α-hetero) is 1. The molecule has 0 heterocycles. The van der Waals surface area contributed by atoms with Gasteiger partial charge < -0.3 is 14.6 Å². The maximum Gasteiger partial charge on any atom is 0.303 e. The van der Waals surface area contributed by atoms with Gasteiger partial charge in [-0.2, -0.15) is 0 Å². The molecule has 1 N–H and O–H groups in total. The van der Waals surface area contributed by atoms with Crippen molar-refractivity contribution in [1.29, 1.82) is 0 Å². The van der Waals surface area contributed by atoms with Gasteiger partial charge >= 0.3 is 5.97 Å². The summed E-state index contributed by atoms with van der Waals surface area (Å²) in [6.45, 7) is 0. The minimum atomic E-state index is -0.904. The van der Waals surface area contributed by atoms with Crippen molar-refractivity contribution in [1.82, 2.24) is 0 Å². The van der Waals surface area contributed by atoms with Crippen LogP contribution in [0.5, 0.6) is 11.5 Å². The molecule has 104 valence electrons. The Kier molecular flexibility index (Phi) is 5.82. The van der Waals surface area contributed by atoms with E-state index in [2.05, 4.69) is 15.9 Å². The summed E-state index contributed by atoms with van der Waals surface area (Å²) in [5.74, 6) is -0.0444. The van der Waals surface area contributed by atoms with Gasteiger partial charge in [-0.25, -0.2) is 0 Å². The molecule has 0 amide bonds. The normalized spacial score (nSPS) is 10.1. The molecule has 19 heavy (non-hydrogen) atoms. The molecule has 0 atom stereocenters. The number of carboxylic acids is 1. The number of carbonyl (C=O) groups excluding carboxylic acids is 1. The summed E-state index contributed by atoms with van der Waals surface area (Å²) in [4.78, 5) is 22.4. The van der Waals surface area contributed by atoms with Crippen LogP contribution in [0.2, 0.25) is 0 Å². The number of methoxy groups -OCH3 is 2. The van der Waals surface area contributed by atoms with E-state index in [9.17, 15) is 9.59 Å². The highest BCUT2D eigenvalue weighted by Crippen LogP contribution is 2.33. The van der Waals surface area contributed by atoms with E-state index >= 15 is 0 Å². The van der Waals surface area contributed by atoms with E-state index in [0.29, 0.717) is 28.0 Å². The summed E-state index contributed by atoms with van der Waals surface area (Å²) in [5.41, 5.74) is 0.461. The van der Waals surface area contributed by atoms with Crippen LogP contribution >= 0.6 is 15.9 Å². The lowest BCUT2D eigenvalue weighted by atomic mass is 10.0. The monoisotopic (exact) mass is 330 g/mol. The quantitative estimate of drug-likeness (QED) is 0.778. The Balaban J connectivity index is 2.87. The van der Waals surface area contributed by atoms with Crippen molar-refractivity contribution in [3.8, 4) is 11.5 Å². The van der Waals surface area contributed by atoms with Crippen LogP contribution in [0, 0.1) is 0 Å². The van der Waals surface area contributed by atoms with E-state index < -0.39 is 5.97 Å².